The number of halogens is 1. The first-order valence-corrected chi connectivity index (χ1v) is 14.4. The number of carbonyl (C=O) groups excluding carboxylic acids is 1. The lowest BCUT2D eigenvalue weighted by Gasteiger charge is -2.33. The Morgan fingerprint density at radius 3 is 2.17 bits per heavy atom. The van der Waals surface area contributed by atoms with Crippen molar-refractivity contribution in [1.29, 1.82) is 0 Å². The third-order valence-electron chi connectivity index (χ3n) is 7.77. The summed E-state index contributed by atoms with van der Waals surface area (Å²) in [5.41, 5.74) is 3.47. The molecule has 0 radical (unpaired) electrons. The van der Waals surface area contributed by atoms with E-state index in [1.807, 2.05) is 12.1 Å². The Kier molecular flexibility index (Phi) is 11.4. The quantitative estimate of drug-likeness (QED) is 0.329. The van der Waals surface area contributed by atoms with E-state index in [1.54, 1.807) is 12.1 Å². The summed E-state index contributed by atoms with van der Waals surface area (Å²) in [7, 11) is 0. The van der Waals surface area contributed by atoms with Crippen LogP contribution in [-0.4, -0.2) is 101 Å². The molecule has 0 aliphatic carbocycles. The van der Waals surface area contributed by atoms with Gasteiger partial charge < -0.3 is 29.7 Å². The Morgan fingerprint density at radius 2 is 1.50 bits per heavy atom. The predicted octanol–water partition coefficient (Wildman–Crippen LogP) is 2.81. The van der Waals surface area contributed by atoms with E-state index >= 15 is 0 Å². The molecule has 0 spiro atoms. The van der Waals surface area contributed by atoms with E-state index in [4.69, 9.17) is 24.5 Å². The second-order valence-corrected chi connectivity index (χ2v) is 10.7. The minimum atomic E-state index is -1.82. The molecule has 0 atom stereocenters. The lowest BCUT2D eigenvalue weighted by molar-refractivity contribution is -0.159. The first-order valence-electron chi connectivity index (χ1n) is 14.4. The Labute approximate surface area is 244 Å². The molecule has 226 valence electrons. The maximum absolute atomic E-state index is 13.1. The van der Waals surface area contributed by atoms with Crippen molar-refractivity contribution < 1.29 is 33.7 Å². The molecule has 3 N–H and O–H groups in total. The van der Waals surface area contributed by atoms with Crippen LogP contribution in [0.2, 0.25) is 0 Å². The molecule has 2 aliphatic heterocycles. The summed E-state index contributed by atoms with van der Waals surface area (Å²) in [4.78, 5) is 35.6. The molecule has 2 saturated heterocycles. The number of hydrogen-bond acceptors (Lipinski definition) is 6. The summed E-state index contributed by atoms with van der Waals surface area (Å²) in [6, 6.07) is 15.9. The van der Waals surface area contributed by atoms with Gasteiger partial charge in [0.2, 0.25) is 5.91 Å². The van der Waals surface area contributed by atoms with Gasteiger partial charge in [0.1, 0.15) is 5.82 Å². The van der Waals surface area contributed by atoms with E-state index in [9.17, 15) is 9.18 Å². The van der Waals surface area contributed by atoms with Crippen LogP contribution in [0.1, 0.15) is 30.0 Å². The van der Waals surface area contributed by atoms with Gasteiger partial charge in [0.15, 0.2) is 0 Å². The number of amides is 1. The topological polar surface area (TPSA) is 124 Å². The fourth-order valence-electron chi connectivity index (χ4n) is 5.41. The average Bonchev–Trinajstić information content (AvgIpc) is 3.41. The van der Waals surface area contributed by atoms with Crippen molar-refractivity contribution in [2.75, 3.05) is 59.0 Å². The maximum atomic E-state index is 13.1. The molecular formula is C31H39FN4O6. The van der Waals surface area contributed by atoms with Crippen molar-refractivity contribution in [3.8, 4) is 0 Å². The van der Waals surface area contributed by atoms with Gasteiger partial charge in [-0.05, 0) is 60.0 Å². The van der Waals surface area contributed by atoms with Gasteiger partial charge in [0.05, 0.1) is 19.6 Å². The highest BCUT2D eigenvalue weighted by molar-refractivity contribution is 6.27. The molecule has 0 unspecified atom stereocenters. The number of aromatic nitrogens is 1. The van der Waals surface area contributed by atoms with Crippen LogP contribution in [0.25, 0.3) is 10.9 Å². The van der Waals surface area contributed by atoms with E-state index in [0.29, 0.717) is 19.0 Å². The third-order valence-corrected chi connectivity index (χ3v) is 7.77. The van der Waals surface area contributed by atoms with Crippen molar-refractivity contribution in [2.24, 2.45) is 0 Å². The number of benzene rings is 2. The van der Waals surface area contributed by atoms with E-state index < -0.39 is 11.9 Å². The van der Waals surface area contributed by atoms with E-state index in [1.165, 1.54) is 16.5 Å². The number of hydrogen-bond donors (Lipinski definition) is 3. The molecule has 42 heavy (non-hydrogen) atoms. The zero-order valence-electron chi connectivity index (χ0n) is 23.7. The SMILES string of the molecule is O=C(Cc1ccc2ccn(C3CCN(CCc4ccc(F)cc4)CC3)c2c1)NCCN1CCOCC1.O=C(O)C(=O)O. The molecule has 11 heteroatoms. The number of rotatable bonds is 9. The molecule has 3 aromatic rings. The molecule has 1 aromatic heterocycles. The molecule has 5 rings (SSSR count). The molecule has 1 amide bonds. The smallest absolute Gasteiger partial charge is 0.414 e. The van der Waals surface area contributed by atoms with Gasteiger partial charge in [-0.3, -0.25) is 9.69 Å². The lowest BCUT2D eigenvalue weighted by atomic mass is 10.0. The summed E-state index contributed by atoms with van der Waals surface area (Å²) in [6.45, 7) is 8.14. The highest BCUT2D eigenvalue weighted by Crippen LogP contribution is 2.28. The van der Waals surface area contributed by atoms with E-state index in [-0.39, 0.29) is 11.7 Å². The molecule has 10 nitrogen and oxygen atoms in total. The van der Waals surface area contributed by atoms with Gasteiger partial charge in [-0.25, -0.2) is 14.0 Å². The van der Waals surface area contributed by atoms with Crippen molar-refractivity contribution >= 4 is 28.7 Å². The highest BCUT2D eigenvalue weighted by Gasteiger charge is 2.21. The highest BCUT2D eigenvalue weighted by atomic mass is 19.1. The van der Waals surface area contributed by atoms with E-state index in [2.05, 4.69) is 50.1 Å². The van der Waals surface area contributed by atoms with Crippen LogP contribution in [0.4, 0.5) is 4.39 Å². The van der Waals surface area contributed by atoms with Gasteiger partial charge in [0.25, 0.3) is 0 Å². The van der Waals surface area contributed by atoms with Gasteiger partial charge in [0, 0.05) is 63.6 Å². The fourth-order valence-corrected chi connectivity index (χ4v) is 5.41. The zero-order chi connectivity index (χ0) is 29.9. The summed E-state index contributed by atoms with van der Waals surface area (Å²) in [5.74, 6) is -3.74. The number of nitrogens with zero attached hydrogens (tertiary/aromatic N) is 3. The number of piperidine rings is 1. The van der Waals surface area contributed by atoms with Gasteiger partial charge >= 0.3 is 11.9 Å². The van der Waals surface area contributed by atoms with Crippen molar-refractivity contribution in [3.05, 3.63) is 71.7 Å². The molecule has 0 saturated carbocycles. The van der Waals surface area contributed by atoms with Crippen LogP contribution in [0.3, 0.4) is 0 Å². The number of carboxylic acids is 2. The average molecular weight is 583 g/mol. The zero-order valence-corrected chi connectivity index (χ0v) is 23.7. The number of ether oxygens (including phenoxy) is 1. The number of fused-ring (bicyclic) bond motifs is 1. The Balaban J connectivity index is 0.000000612. The van der Waals surface area contributed by atoms with Gasteiger partial charge in [-0.1, -0.05) is 24.3 Å². The predicted molar refractivity (Wildman–Crippen MR) is 156 cm³/mol. The maximum Gasteiger partial charge on any atom is 0.414 e. The first kappa shape index (κ1) is 31.1. The molecule has 3 heterocycles. The molecule has 0 bridgehead atoms. The number of carboxylic acid groups (broad SMARTS) is 2. The van der Waals surface area contributed by atoms with Crippen molar-refractivity contribution in [1.82, 2.24) is 19.7 Å². The van der Waals surface area contributed by atoms with Crippen LogP contribution < -0.4 is 5.32 Å². The van der Waals surface area contributed by atoms with Crippen LogP contribution in [0, 0.1) is 5.82 Å². The minimum Gasteiger partial charge on any atom is -0.473 e. The number of morpholine rings is 1. The van der Waals surface area contributed by atoms with Crippen LogP contribution in [0.15, 0.2) is 54.7 Å². The first-order chi connectivity index (χ1) is 20.3. The Hall–Kier alpha value is -3.80. The summed E-state index contributed by atoms with van der Waals surface area (Å²) < 4.78 is 20.9. The van der Waals surface area contributed by atoms with Crippen molar-refractivity contribution in [3.63, 3.8) is 0 Å². The molecular weight excluding hydrogens is 543 g/mol. The fraction of sp³-hybridized carbons (Fsp3) is 0.452. The van der Waals surface area contributed by atoms with E-state index in [0.717, 1.165) is 77.3 Å². The third kappa shape index (κ3) is 9.37. The number of likely N-dealkylation sites (tertiary alicyclic amines) is 1. The summed E-state index contributed by atoms with van der Waals surface area (Å²) in [5, 5.41) is 19.1. The second kappa shape index (κ2) is 15.4. The van der Waals surface area contributed by atoms with Gasteiger partial charge in [-0.15, -0.1) is 0 Å². The second-order valence-electron chi connectivity index (χ2n) is 10.7. The monoisotopic (exact) mass is 582 g/mol. The molecule has 2 fully saturated rings. The normalized spacial score (nSPS) is 16.5. The Bertz CT molecular complexity index is 1320. The number of carbonyl (C=O) groups is 3. The molecule has 2 aliphatic rings. The minimum absolute atomic E-state index is 0.0789. The largest absolute Gasteiger partial charge is 0.473 e. The molecule has 2 aromatic carbocycles. The van der Waals surface area contributed by atoms with Gasteiger partial charge in [-0.2, -0.15) is 0 Å². The standard InChI is InChI=1S/C29H37FN4O2.C2H2O4/c30-26-5-2-23(3-6-26)7-12-32-13-9-27(10-14-32)34-15-8-25-4-1-24(21-28(25)34)22-29(35)31-11-16-33-17-19-36-20-18-33;3-1(4)2(5)6/h1-6,8,15,21,27H,7,9-14,16-20,22H2,(H,31,35);(H,3,4)(H,5,6). The number of nitrogens with one attached hydrogen (secondary N) is 1. The van der Waals surface area contributed by atoms with Crippen molar-refractivity contribution in [2.45, 2.75) is 31.7 Å². The lowest BCUT2D eigenvalue weighted by Crippen LogP contribution is -2.41. The Morgan fingerprint density at radius 1 is 0.857 bits per heavy atom. The van der Waals surface area contributed by atoms with Crippen LogP contribution in [-0.2, 0) is 32.0 Å². The van der Waals surface area contributed by atoms with Crippen LogP contribution >= 0.6 is 0 Å². The number of aliphatic carboxylic acids is 2. The summed E-state index contributed by atoms with van der Waals surface area (Å²) in [6.07, 6.45) is 5.79. The summed E-state index contributed by atoms with van der Waals surface area (Å²) >= 11 is 0. The van der Waals surface area contributed by atoms with Crippen LogP contribution in [0.5, 0.6) is 0 Å².